The maximum absolute atomic E-state index is 13.2. The van der Waals surface area contributed by atoms with Crippen molar-refractivity contribution in [3.8, 4) is 6.07 Å². The lowest BCUT2D eigenvalue weighted by Crippen LogP contribution is -2.35. The minimum absolute atomic E-state index is 0.0109. The van der Waals surface area contributed by atoms with Crippen molar-refractivity contribution in [3.05, 3.63) is 29.0 Å². The van der Waals surface area contributed by atoms with Crippen molar-refractivity contribution < 1.29 is 12.8 Å². The average molecular weight is 316 g/mol. The molecule has 1 aromatic carbocycles. The maximum Gasteiger partial charge on any atom is 0.182 e. The van der Waals surface area contributed by atoms with Crippen molar-refractivity contribution in [2.24, 2.45) is 11.8 Å². The Kier molecular flexibility index (Phi) is 4.36. The predicted octanol–water partition coefficient (Wildman–Crippen LogP) is 3.58. The fraction of sp³-hybridized carbons (Fsp3) is 0.500. The summed E-state index contributed by atoms with van der Waals surface area (Å²) in [6.45, 7) is 1.98. The van der Waals surface area contributed by atoms with Gasteiger partial charge in [-0.15, -0.1) is 0 Å². The Hall–Kier alpha value is -1.12. The van der Waals surface area contributed by atoms with E-state index in [1.165, 1.54) is 6.07 Å². The molecule has 0 N–H and O–H groups in total. The molecule has 1 fully saturated rings. The molecule has 1 saturated carbocycles. The molecule has 1 aliphatic carbocycles. The zero-order chi connectivity index (χ0) is 14.9. The minimum Gasteiger partial charge on any atom is -0.223 e. The molecule has 3 atom stereocenters. The van der Waals surface area contributed by atoms with Crippen LogP contribution in [0.15, 0.2) is 23.1 Å². The first-order chi connectivity index (χ1) is 9.36. The van der Waals surface area contributed by atoms with Gasteiger partial charge in [0.1, 0.15) is 5.82 Å². The second-order valence-electron chi connectivity index (χ2n) is 5.31. The van der Waals surface area contributed by atoms with Crippen LogP contribution in [0, 0.1) is 29.0 Å². The van der Waals surface area contributed by atoms with Gasteiger partial charge in [0.25, 0.3) is 0 Å². The lowest BCUT2D eigenvalue weighted by Gasteiger charge is -2.30. The normalized spacial score (nSPS) is 27.0. The molecule has 6 heteroatoms. The van der Waals surface area contributed by atoms with Crippen LogP contribution >= 0.6 is 11.6 Å². The number of nitriles is 1. The van der Waals surface area contributed by atoms with Crippen molar-refractivity contribution in [2.75, 3.05) is 0 Å². The van der Waals surface area contributed by atoms with E-state index in [-0.39, 0.29) is 15.8 Å². The molecular formula is C14H15ClFNO2S. The average Bonchev–Trinajstić information content (AvgIpc) is 2.41. The summed E-state index contributed by atoms with van der Waals surface area (Å²) in [7, 11) is -3.67. The van der Waals surface area contributed by atoms with Gasteiger partial charge in [0.15, 0.2) is 9.84 Å². The van der Waals surface area contributed by atoms with E-state index in [4.69, 9.17) is 16.9 Å². The first kappa shape index (κ1) is 15.3. The summed E-state index contributed by atoms with van der Waals surface area (Å²) in [4.78, 5) is -0.0109. The Bertz CT molecular complexity index is 654. The molecule has 20 heavy (non-hydrogen) atoms. The Balaban J connectivity index is 2.42. The van der Waals surface area contributed by atoms with Crippen LogP contribution in [0.1, 0.15) is 26.2 Å². The first-order valence-electron chi connectivity index (χ1n) is 6.45. The Morgan fingerprint density at radius 3 is 2.70 bits per heavy atom. The molecule has 1 aliphatic rings. The van der Waals surface area contributed by atoms with E-state index in [9.17, 15) is 12.8 Å². The summed E-state index contributed by atoms with van der Waals surface area (Å²) in [5, 5.41) is 8.20. The highest BCUT2D eigenvalue weighted by atomic mass is 35.5. The fourth-order valence-electron chi connectivity index (χ4n) is 2.65. The third-order valence-corrected chi connectivity index (χ3v) is 6.36. The summed E-state index contributed by atoms with van der Waals surface area (Å²) >= 11 is 5.65. The molecule has 108 valence electrons. The monoisotopic (exact) mass is 315 g/mol. The Morgan fingerprint density at radius 2 is 2.10 bits per heavy atom. The third-order valence-electron chi connectivity index (χ3n) is 3.84. The zero-order valence-corrected chi connectivity index (χ0v) is 12.6. The van der Waals surface area contributed by atoms with Crippen LogP contribution in [0.5, 0.6) is 0 Å². The number of rotatable bonds is 2. The highest BCUT2D eigenvalue weighted by molar-refractivity contribution is 7.92. The van der Waals surface area contributed by atoms with E-state index in [0.717, 1.165) is 18.6 Å². The topological polar surface area (TPSA) is 57.9 Å². The molecule has 0 saturated heterocycles. The van der Waals surface area contributed by atoms with Crippen LogP contribution in [0.4, 0.5) is 4.39 Å². The van der Waals surface area contributed by atoms with E-state index in [2.05, 4.69) is 6.07 Å². The summed E-state index contributed by atoms with van der Waals surface area (Å²) < 4.78 is 38.4. The van der Waals surface area contributed by atoms with E-state index in [1.807, 2.05) is 6.92 Å². The lowest BCUT2D eigenvalue weighted by atomic mass is 9.83. The zero-order valence-electron chi connectivity index (χ0n) is 11.0. The quantitative estimate of drug-likeness (QED) is 0.784. The maximum atomic E-state index is 13.2. The van der Waals surface area contributed by atoms with Crippen LogP contribution < -0.4 is 0 Å². The molecule has 0 spiro atoms. The van der Waals surface area contributed by atoms with Crippen LogP contribution in [0.2, 0.25) is 5.02 Å². The number of hydrogen-bond donors (Lipinski definition) is 0. The molecule has 3 nitrogen and oxygen atoms in total. The van der Waals surface area contributed by atoms with Crippen molar-refractivity contribution in [1.82, 2.24) is 0 Å². The fourth-order valence-corrected chi connectivity index (χ4v) is 4.99. The number of hydrogen-bond acceptors (Lipinski definition) is 3. The molecule has 0 aliphatic heterocycles. The number of benzene rings is 1. The molecule has 1 aromatic rings. The van der Waals surface area contributed by atoms with Crippen LogP contribution in [0.3, 0.4) is 0 Å². The van der Waals surface area contributed by atoms with E-state index in [1.54, 1.807) is 0 Å². The second-order valence-corrected chi connectivity index (χ2v) is 7.89. The van der Waals surface area contributed by atoms with Gasteiger partial charge in [-0.2, -0.15) is 5.26 Å². The van der Waals surface area contributed by atoms with Gasteiger partial charge in [-0.3, -0.25) is 0 Å². The summed E-state index contributed by atoms with van der Waals surface area (Å²) in [5.41, 5.74) is 0. The van der Waals surface area contributed by atoms with Gasteiger partial charge in [-0.05, 0) is 43.4 Å². The predicted molar refractivity (Wildman–Crippen MR) is 74.5 cm³/mol. The first-order valence-corrected chi connectivity index (χ1v) is 8.37. The third kappa shape index (κ3) is 2.82. The molecule has 0 radical (unpaired) electrons. The lowest BCUT2D eigenvalue weighted by molar-refractivity contribution is 0.334. The van der Waals surface area contributed by atoms with Crippen molar-refractivity contribution in [3.63, 3.8) is 0 Å². The van der Waals surface area contributed by atoms with Gasteiger partial charge in [-0.1, -0.05) is 18.5 Å². The highest BCUT2D eigenvalue weighted by Gasteiger charge is 2.39. The van der Waals surface area contributed by atoms with Crippen molar-refractivity contribution >= 4 is 21.4 Å². The molecule has 0 amide bonds. The van der Waals surface area contributed by atoms with Crippen LogP contribution in [-0.2, 0) is 9.84 Å². The van der Waals surface area contributed by atoms with Gasteiger partial charge in [0.05, 0.1) is 27.2 Å². The molecule has 2 rings (SSSR count). The standard InChI is InChI=1S/C14H15ClFNO2S/c1-9-2-3-10(8-17)14(6-9)20(18,19)11-4-5-13(16)12(15)7-11/h4-5,7,9-10,14H,2-3,6H2,1H3. The molecule has 0 bridgehead atoms. The molecule has 0 aromatic heterocycles. The number of sulfone groups is 1. The van der Waals surface area contributed by atoms with Crippen LogP contribution in [0.25, 0.3) is 0 Å². The van der Waals surface area contributed by atoms with Crippen LogP contribution in [-0.4, -0.2) is 13.7 Å². The number of halogens is 2. The molecular weight excluding hydrogens is 301 g/mol. The van der Waals surface area contributed by atoms with E-state index < -0.39 is 26.8 Å². The van der Waals surface area contributed by atoms with Crippen molar-refractivity contribution in [2.45, 2.75) is 36.3 Å². The Labute approximate surface area is 123 Å². The van der Waals surface area contributed by atoms with Crippen molar-refractivity contribution in [1.29, 1.82) is 5.26 Å². The van der Waals surface area contributed by atoms with Gasteiger partial charge >= 0.3 is 0 Å². The summed E-state index contributed by atoms with van der Waals surface area (Å²) in [5.74, 6) is -0.908. The summed E-state index contributed by atoms with van der Waals surface area (Å²) in [6, 6.07) is 5.47. The Morgan fingerprint density at radius 1 is 1.40 bits per heavy atom. The van der Waals surface area contributed by atoms with Gasteiger partial charge < -0.3 is 0 Å². The SMILES string of the molecule is CC1CCC(C#N)C(S(=O)(=O)c2ccc(F)c(Cl)c2)C1. The highest BCUT2D eigenvalue weighted by Crippen LogP contribution is 2.36. The van der Waals surface area contributed by atoms with Gasteiger partial charge in [0.2, 0.25) is 0 Å². The summed E-state index contributed by atoms with van der Waals surface area (Å²) in [6.07, 6.45) is 1.89. The molecule has 0 heterocycles. The number of nitrogens with zero attached hydrogens (tertiary/aromatic N) is 1. The molecule has 3 unspecified atom stereocenters. The van der Waals surface area contributed by atoms with Gasteiger partial charge in [0, 0.05) is 0 Å². The second kappa shape index (κ2) is 5.71. The largest absolute Gasteiger partial charge is 0.223 e. The van der Waals surface area contributed by atoms with E-state index >= 15 is 0 Å². The smallest absolute Gasteiger partial charge is 0.182 e. The minimum atomic E-state index is -3.67. The van der Waals surface area contributed by atoms with E-state index in [0.29, 0.717) is 12.8 Å². The van der Waals surface area contributed by atoms with Gasteiger partial charge in [-0.25, -0.2) is 12.8 Å².